The quantitative estimate of drug-likeness (QED) is 0.413. The number of amides is 1. The summed E-state index contributed by atoms with van der Waals surface area (Å²) in [6, 6.07) is 12.5. The molecule has 26 heavy (non-hydrogen) atoms. The highest BCUT2D eigenvalue weighted by Crippen LogP contribution is 2.21. The minimum Gasteiger partial charge on any atom is -0.403 e. The number of carbonyl (C=O) groups excluding carboxylic acids is 1. The van der Waals surface area contributed by atoms with Crippen LogP contribution in [0.1, 0.15) is 5.56 Å². The van der Waals surface area contributed by atoms with Gasteiger partial charge in [0.15, 0.2) is 0 Å². The van der Waals surface area contributed by atoms with E-state index in [0.29, 0.717) is 16.1 Å². The van der Waals surface area contributed by atoms with Gasteiger partial charge >= 0.3 is 6.01 Å². The van der Waals surface area contributed by atoms with Crippen LogP contribution in [0.15, 0.2) is 59.0 Å². The fourth-order valence-electron chi connectivity index (χ4n) is 2.01. The van der Waals surface area contributed by atoms with Gasteiger partial charge in [0.25, 0.3) is 11.6 Å². The predicted octanol–water partition coefficient (Wildman–Crippen LogP) is 3.95. The normalized spacial score (nSPS) is 10.8. The van der Waals surface area contributed by atoms with E-state index in [1.54, 1.807) is 24.3 Å². The zero-order valence-electron chi connectivity index (χ0n) is 13.1. The zero-order chi connectivity index (χ0) is 18.5. The molecule has 0 fully saturated rings. The van der Waals surface area contributed by atoms with Gasteiger partial charge in [-0.05, 0) is 48.0 Å². The summed E-state index contributed by atoms with van der Waals surface area (Å²) >= 11 is 5.82. The minimum atomic E-state index is -0.492. The molecule has 0 aliphatic rings. The number of hydrogen-bond acceptors (Lipinski definition) is 6. The molecule has 0 saturated heterocycles. The number of nitro groups is 1. The van der Waals surface area contributed by atoms with Gasteiger partial charge < -0.3 is 4.42 Å². The van der Waals surface area contributed by atoms with Crippen molar-refractivity contribution in [2.75, 3.05) is 5.32 Å². The van der Waals surface area contributed by atoms with E-state index in [4.69, 9.17) is 16.0 Å². The van der Waals surface area contributed by atoms with Gasteiger partial charge in [0.05, 0.1) is 4.92 Å². The van der Waals surface area contributed by atoms with Crippen LogP contribution in [-0.4, -0.2) is 21.0 Å². The van der Waals surface area contributed by atoms with Crippen molar-refractivity contribution in [3.8, 4) is 11.5 Å². The molecule has 0 saturated carbocycles. The molecule has 1 N–H and O–H groups in total. The molecule has 8 nitrogen and oxygen atoms in total. The molecular formula is C17H11ClN4O4. The lowest BCUT2D eigenvalue weighted by Crippen LogP contribution is -2.07. The monoisotopic (exact) mass is 370 g/mol. The van der Waals surface area contributed by atoms with Crippen LogP contribution in [-0.2, 0) is 4.79 Å². The van der Waals surface area contributed by atoms with Crippen molar-refractivity contribution in [3.05, 3.63) is 75.3 Å². The molecule has 3 rings (SSSR count). The Hall–Kier alpha value is -3.52. The summed E-state index contributed by atoms with van der Waals surface area (Å²) in [7, 11) is 0. The molecule has 3 aromatic rings. The summed E-state index contributed by atoms with van der Waals surface area (Å²) in [5.74, 6) is -0.231. The molecule has 0 aliphatic heterocycles. The number of nitro benzene ring substituents is 1. The van der Waals surface area contributed by atoms with Gasteiger partial charge in [0.2, 0.25) is 5.89 Å². The summed E-state index contributed by atoms with van der Waals surface area (Å²) in [5, 5.41) is 21.2. The van der Waals surface area contributed by atoms with Crippen molar-refractivity contribution in [2.45, 2.75) is 0 Å². The van der Waals surface area contributed by atoms with Crippen molar-refractivity contribution in [2.24, 2.45) is 0 Å². The Labute approximate surface area is 152 Å². The molecule has 130 valence electrons. The molecule has 0 atom stereocenters. The standard InChI is InChI=1S/C17H11ClN4O4/c18-13-6-4-12(5-7-13)16-20-21-17(26-16)19-15(23)10-3-11-1-8-14(9-2-11)22(24)25/h1-10H,(H,19,21,23)/b10-3-. The molecule has 1 aromatic heterocycles. The highest BCUT2D eigenvalue weighted by Gasteiger charge is 2.10. The van der Waals surface area contributed by atoms with E-state index in [-0.39, 0.29) is 17.6 Å². The molecule has 0 bridgehead atoms. The Morgan fingerprint density at radius 3 is 2.46 bits per heavy atom. The highest BCUT2D eigenvalue weighted by atomic mass is 35.5. The number of nitrogens with zero attached hydrogens (tertiary/aromatic N) is 3. The third kappa shape index (κ3) is 4.31. The van der Waals surface area contributed by atoms with Crippen LogP contribution < -0.4 is 5.32 Å². The van der Waals surface area contributed by atoms with Gasteiger partial charge in [-0.25, -0.2) is 0 Å². The Kier molecular flexibility index (Phi) is 5.04. The van der Waals surface area contributed by atoms with Gasteiger partial charge in [-0.15, -0.1) is 5.10 Å². The van der Waals surface area contributed by atoms with Crippen LogP contribution in [0.2, 0.25) is 5.02 Å². The van der Waals surface area contributed by atoms with Crippen molar-refractivity contribution < 1.29 is 14.1 Å². The molecule has 0 radical (unpaired) electrons. The number of hydrogen-bond donors (Lipinski definition) is 1. The topological polar surface area (TPSA) is 111 Å². The fraction of sp³-hybridized carbons (Fsp3) is 0. The van der Waals surface area contributed by atoms with Crippen LogP contribution >= 0.6 is 11.6 Å². The van der Waals surface area contributed by atoms with E-state index in [1.165, 1.54) is 36.4 Å². The smallest absolute Gasteiger partial charge is 0.322 e. The maximum Gasteiger partial charge on any atom is 0.322 e. The summed E-state index contributed by atoms with van der Waals surface area (Å²) < 4.78 is 5.37. The largest absolute Gasteiger partial charge is 0.403 e. The van der Waals surface area contributed by atoms with Gasteiger partial charge in [-0.3, -0.25) is 20.2 Å². The summed E-state index contributed by atoms with van der Waals surface area (Å²) in [4.78, 5) is 22.0. The Morgan fingerprint density at radius 2 is 1.81 bits per heavy atom. The van der Waals surface area contributed by atoms with E-state index in [2.05, 4.69) is 15.5 Å². The van der Waals surface area contributed by atoms with E-state index in [0.717, 1.165) is 0 Å². The second-order valence-corrected chi connectivity index (χ2v) is 5.53. The number of nitrogens with one attached hydrogen (secondary N) is 1. The summed E-state index contributed by atoms with van der Waals surface area (Å²) in [5.41, 5.74) is 1.29. The SMILES string of the molecule is O=C(/C=C\c1ccc([N+](=O)[O-])cc1)Nc1nnc(-c2ccc(Cl)cc2)o1. The first kappa shape index (κ1) is 17.3. The third-order valence-electron chi connectivity index (χ3n) is 3.28. The van der Waals surface area contributed by atoms with Crippen molar-refractivity contribution in [1.82, 2.24) is 10.2 Å². The molecule has 1 amide bonds. The average molecular weight is 371 g/mol. The van der Waals surface area contributed by atoms with Crippen LogP contribution in [0.3, 0.4) is 0 Å². The molecule has 0 aliphatic carbocycles. The summed E-state index contributed by atoms with van der Waals surface area (Å²) in [6.07, 6.45) is 2.77. The first-order valence-electron chi connectivity index (χ1n) is 7.34. The number of anilines is 1. The van der Waals surface area contributed by atoms with Gasteiger partial charge in [0.1, 0.15) is 0 Å². The van der Waals surface area contributed by atoms with Crippen LogP contribution in [0.4, 0.5) is 11.7 Å². The predicted molar refractivity (Wildman–Crippen MR) is 95.5 cm³/mol. The first-order valence-corrected chi connectivity index (χ1v) is 7.72. The lowest BCUT2D eigenvalue weighted by atomic mass is 10.2. The Bertz CT molecular complexity index is 965. The maximum atomic E-state index is 11.9. The average Bonchev–Trinajstić information content (AvgIpc) is 3.09. The third-order valence-corrected chi connectivity index (χ3v) is 3.53. The van der Waals surface area contributed by atoms with Gasteiger partial charge in [-0.1, -0.05) is 16.7 Å². The number of halogens is 1. The van der Waals surface area contributed by atoms with Crippen LogP contribution in [0.5, 0.6) is 0 Å². The fourth-order valence-corrected chi connectivity index (χ4v) is 2.13. The second kappa shape index (κ2) is 7.58. The van der Waals surface area contributed by atoms with Crippen molar-refractivity contribution in [1.29, 1.82) is 0 Å². The minimum absolute atomic E-state index is 0.0211. The zero-order valence-corrected chi connectivity index (χ0v) is 13.9. The number of aromatic nitrogens is 2. The van der Waals surface area contributed by atoms with E-state index in [1.807, 2.05) is 0 Å². The number of non-ortho nitro benzene ring substituents is 1. The van der Waals surface area contributed by atoms with Gasteiger partial charge in [-0.2, -0.15) is 0 Å². The number of rotatable bonds is 5. The number of benzene rings is 2. The molecule has 0 unspecified atom stereocenters. The highest BCUT2D eigenvalue weighted by molar-refractivity contribution is 6.30. The molecule has 1 heterocycles. The lowest BCUT2D eigenvalue weighted by Gasteiger charge is -1.96. The molecule has 2 aromatic carbocycles. The molecular weight excluding hydrogens is 360 g/mol. The van der Waals surface area contributed by atoms with Crippen LogP contribution in [0, 0.1) is 10.1 Å². The van der Waals surface area contributed by atoms with E-state index < -0.39 is 10.8 Å². The van der Waals surface area contributed by atoms with E-state index >= 15 is 0 Å². The molecule has 9 heteroatoms. The van der Waals surface area contributed by atoms with Crippen molar-refractivity contribution in [3.63, 3.8) is 0 Å². The van der Waals surface area contributed by atoms with Crippen molar-refractivity contribution >= 4 is 35.3 Å². The van der Waals surface area contributed by atoms with Gasteiger partial charge in [0, 0.05) is 28.8 Å². The Morgan fingerprint density at radius 1 is 1.12 bits per heavy atom. The number of carbonyl (C=O) groups is 1. The Balaban J connectivity index is 1.63. The first-order chi connectivity index (χ1) is 12.5. The lowest BCUT2D eigenvalue weighted by molar-refractivity contribution is -0.384. The van der Waals surface area contributed by atoms with E-state index in [9.17, 15) is 14.9 Å². The van der Waals surface area contributed by atoms with Crippen LogP contribution in [0.25, 0.3) is 17.5 Å². The summed E-state index contributed by atoms with van der Waals surface area (Å²) in [6.45, 7) is 0. The maximum absolute atomic E-state index is 11.9. The second-order valence-electron chi connectivity index (χ2n) is 5.09. The molecule has 0 spiro atoms.